The van der Waals surface area contributed by atoms with Crippen molar-refractivity contribution >= 4 is 12.3 Å². The second-order valence-electron chi connectivity index (χ2n) is 10.3. The van der Waals surface area contributed by atoms with Crippen molar-refractivity contribution in [3.05, 3.63) is 59.7 Å². The van der Waals surface area contributed by atoms with Crippen LogP contribution in [-0.2, 0) is 14.9 Å². The molecule has 0 heterocycles. The van der Waals surface area contributed by atoms with Crippen molar-refractivity contribution in [2.75, 3.05) is 0 Å². The number of carbonyl (C=O) groups excluding carboxylic acids is 2. The maximum Gasteiger partial charge on any atom is 0.514 e. The molecule has 0 aliphatic rings. The summed E-state index contributed by atoms with van der Waals surface area (Å²) in [5.74, 6) is 0.848. The molecule has 180 valence electrons. The fourth-order valence-corrected chi connectivity index (χ4v) is 3.47. The Morgan fingerprint density at radius 1 is 0.636 bits per heavy atom. The molecule has 0 unspecified atom stereocenters. The first kappa shape index (κ1) is 26.2. The van der Waals surface area contributed by atoms with Crippen molar-refractivity contribution in [3.8, 4) is 11.5 Å². The van der Waals surface area contributed by atoms with Crippen LogP contribution >= 0.6 is 0 Å². The molecule has 0 spiro atoms. The molecule has 0 saturated carbocycles. The molecule has 6 nitrogen and oxygen atoms in total. The molecule has 33 heavy (non-hydrogen) atoms. The molecule has 0 atom stereocenters. The zero-order chi connectivity index (χ0) is 24.9. The average molecular weight is 457 g/mol. The molecule has 0 saturated heterocycles. The van der Waals surface area contributed by atoms with Crippen molar-refractivity contribution in [1.29, 1.82) is 0 Å². The van der Waals surface area contributed by atoms with Crippen LogP contribution < -0.4 is 9.47 Å². The van der Waals surface area contributed by atoms with Gasteiger partial charge in [0.15, 0.2) is 0 Å². The van der Waals surface area contributed by atoms with Gasteiger partial charge in [-0.3, -0.25) is 0 Å². The maximum absolute atomic E-state index is 11.9. The summed E-state index contributed by atoms with van der Waals surface area (Å²) < 4.78 is 21.0. The Kier molecular flexibility index (Phi) is 8.17. The van der Waals surface area contributed by atoms with E-state index in [1.807, 2.05) is 24.3 Å². The van der Waals surface area contributed by atoms with Gasteiger partial charge in [-0.15, -0.1) is 0 Å². The lowest BCUT2D eigenvalue weighted by Crippen LogP contribution is -2.26. The number of hydrogen-bond donors (Lipinski definition) is 0. The fraction of sp³-hybridized carbons (Fsp3) is 0.481. The number of benzene rings is 2. The van der Waals surface area contributed by atoms with Gasteiger partial charge in [0.05, 0.1) is 0 Å². The molecule has 0 radical (unpaired) electrons. The molecular formula is C27H36O6. The summed E-state index contributed by atoms with van der Waals surface area (Å²) in [5, 5.41) is 0. The van der Waals surface area contributed by atoms with Gasteiger partial charge in [-0.2, -0.15) is 0 Å². The predicted octanol–water partition coefficient (Wildman–Crippen LogP) is 7.42. The summed E-state index contributed by atoms with van der Waals surface area (Å²) in [4.78, 5) is 23.9. The highest BCUT2D eigenvalue weighted by molar-refractivity contribution is 5.65. The van der Waals surface area contributed by atoms with E-state index in [9.17, 15) is 9.59 Å². The van der Waals surface area contributed by atoms with Crippen molar-refractivity contribution in [3.63, 3.8) is 0 Å². The molecule has 0 fully saturated rings. The van der Waals surface area contributed by atoms with E-state index >= 15 is 0 Å². The van der Waals surface area contributed by atoms with Gasteiger partial charge in [0.1, 0.15) is 22.7 Å². The predicted molar refractivity (Wildman–Crippen MR) is 128 cm³/mol. The Balaban J connectivity index is 2.18. The monoisotopic (exact) mass is 456 g/mol. The molecule has 0 amide bonds. The lowest BCUT2D eigenvalue weighted by Gasteiger charge is -2.31. The maximum atomic E-state index is 11.9. The highest BCUT2D eigenvalue weighted by Crippen LogP contribution is 2.38. The molecule has 0 aromatic heterocycles. The first-order valence-electron chi connectivity index (χ1n) is 11.2. The highest BCUT2D eigenvalue weighted by Gasteiger charge is 2.28. The average Bonchev–Trinajstić information content (AvgIpc) is 2.66. The molecule has 2 aromatic rings. The largest absolute Gasteiger partial charge is 0.514 e. The fourth-order valence-electron chi connectivity index (χ4n) is 3.47. The number of ether oxygens (including phenoxy) is 4. The van der Waals surface area contributed by atoms with Gasteiger partial charge in [0.25, 0.3) is 0 Å². The van der Waals surface area contributed by atoms with E-state index in [1.165, 1.54) is 0 Å². The summed E-state index contributed by atoms with van der Waals surface area (Å²) in [5.41, 5.74) is 0.666. The van der Waals surface area contributed by atoms with Gasteiger partial charge < -0.3 is 18.9 Å². The van der Waals surface area contributed by atoms with Crippen LogP contribution in [-0.4, -0.2) is 23.5 Å². The molecule has 0 bridgehead atoms. The topological polar surface area (TPSA) is 71.1 Å². The Bertz CT molecular complexity index is 857. The normalized spacial score (nSPS) is 12.1. The Morgan fingerprint density at radius 3 is 1.24 bits per heavy atom. The van der Waals surface area contributed by atoms with Crippen LogP contribution in [0.15, 0.2) is 48.5 Å². The lowest BCUT2D eigenvalue weighted by molar-refractivity contribution is 0.0193. The molecule has 2 rings (SSSR count). The number of rotatable bonds is 6. The van der Waals surface area contributed by atoms with Gasteiger partial charge >= 0.3 is 12.3 Å². The van der Waals surface area contributed by atoms with Crippen LogP contribution in [0.25, 0.3) is 0 Å². The Morgan fingerprint density at radius 2 is 0.970 bits per heavy atom. The molecular weight excluding hydrogens is 420 g/mol. The first-order valence-corrected chi connectivity index (χ1v) is 11.2. The second-order valence-corrected chi connectivity index (χ2v) is 10.3. The minimum Gasteiger partial charge on any atom is -0.428 e. The van der Waals surface area contributed by atoms with Crippen LogP contribution in [0, 0.1) is 0 Å². The van der Waals surface area contributed by atoms with Crippen molar-refractivity contribution in [1.82, 2.24) is 0 Å². The van der Waals surface area contributed by atoms with E-state index in [0.717, 1.165) is 24.0 Å². The first-order chi connectivity index (χ1) is 15.2. The van der Waals surface area contributed by atoms with Crippen LogP contribution in [0.1, 0.15) is 79.4 Å². The van der Waals surface area contributed by atoms with E-state index in [0.29, 0.717) is 11.5 Å². The number of hydrogen-bond acceptors (Lipinski definition) is 6. The SMILES string of the molecule is CCCC(C)(c1ccc(OC(=O)OC(C)(C)C)cc1)c1ccc(OC(=O)OC(C)(C)C)cc1. The summed E-state index contributed by atoms with van der Waals surface area (Å²) in [7, 11) is 0. The summed E-state index contributed by atoms with van der Waals surface area (Å²) in [6.45, 7) is 15.0. The van der Waals surface area contributed by atoms with E-state index < -0.39 is 23.5 Å². The summed E-state index contributed by atoms with van der Waals surface area (Å²) >= 11 is 0. The van der Waals surface area contributed by atoms with Gasteiger partial charge in [-0.05, 0) is 83.4 Å². The standard InChI is InChI=1S/C27H36O6/c1-9-18-27(8,19-10-14-21(15-11-19)30-23(28)32-25(2,3)4)20-12-16-22(17-13-20)31-24(29)33-26(5,6)7/h10-17H,9,18H2,1-8H3. The van der Waals surface area contributed by atoms with E-state index in [-0.39, 0.29) is 5.41 Å². The third-order valence-electron chi connectivity index (χ3n) is 4.91. The molecule has 6 heteroatoms. The Hall–Kier alpha value is -3.02. The minimum absolute atomic E-state index is 0.274. The van der Waals surface area contributed by atoms with Gasteiger partial charge in [0.2, 0.25) is 0 Å². The van der Waals surface area contributed by atoms with Crippen LogP contribution in [0.2, 0.25) is 0 Å². The second kappa shape index (κ2) is 10.3. The van der Waals surface area contributed by atoms with Gasteiger partial charge in [-0.25, -0.2) is 9.59 Å². The van der Waals surface area contributed by atoms with Crippen molar-refractivity contribution in [2.24, 2.45) is 0 Å². The minimum atomic E-state index is -0.729. The van der Waals surface area contributed by atoms with Crippen LogP contribution in [0.3, 0.4) is 0 Å². The molecule has 0 aliphatic carbocycles. The summed E-state index contributed by atoms with van der Waals surface area (Å²) in [6.07, 6.45) is 0.424. The quantitative estimate of drug-likeness (QED) is 0.333. The summed E-state index contributed by atoms with van der Waals surface area (Å²) in [6, 6.07) is 14.9. The third kappa shape index (κ3) is 8.12. The van der Waals surface area contributed by atoms with E-state index in [1.54, 1.807) is 65.8 Å². The molecule has 0 aliphatic heterocycles. The lowest BCUT2D eigenvalue weighted by atomic mass is 9.73. The Labute approximate surface area is 197 Å². The van der Waals surface area contributed by atoms with Gasteiger partial charge in [-0.1, -0.05) is 44.5 Å². The number of carbonyl (C=O) groups is 2. The van der Waals surface area contributed by atoms with Crippen molar-refractivity contribution < 1.29 is 28.5 Å². The molecule has 2 aromatic carbocycles. The van der Waals surface area contributed by atoms with Crippen LogP contribution in [0.4, 0.5) is 9.59 Å². The smallest absolute Gasteiger partial charge is 0.428 e. The van der Waals surface area contributed by atoms with Crippen LogP contribution in [0.5, 0.6) is 11.5 Å². The van der Waals surface area contributed by atoms with E-state index in [2.05, 4.69) is 13.8 Å². The van der Waals surface area contributed by atoms with Gasteiger partial charge in [0, 0.05) is 5.41 Å². The zero-order valence-corrected chi connectivity index (χ0v) is 21.0. The third-order valence-corrected chi connectivity index (χ3v) is 4.91. The zero-order valence-electron chi connectivity index (χ0n) is 21.0. The van der Waals surface area contributed by atoms with E-state index in [4.69, 9.17) is 18.9 Å². The molecule has 0 N–H and O–H groups in total. The highest BCUT2D eigenvalue weighted by atomic mass is 16.7. The van der Waals surface area contributed by atoms with Crippen molar-refractivity contribution in [2.45, 2.75) is 84.8 Å².